The topological polar surface area (TPSA) is 53.4 Å². The molecule has 3 aromatic rings. The van der Waals surface area contributed by atoms with Crippen LogP contribution >= 0.6 is 27.3 Å². The average Bonchev–Trinajstić information content (AvgIpc) is 3.31. The Hall–Kier alpha value is -2.18. The zero-order chi connectivity index (χ0) is 18.9. The first-order valence-corrected chi connectivity index (χ1v) is 10.5. The molecule has 1 aromatic heterocycles. The number of halogens is 1. The molecular formula is C21H19BrN2O2S. The molecule has 4 nitrogen and oxygen atoms in total. The normalized spacial score (nSPS) is 19.4. The lowest BCUT2D eigenvalue weighted by Gasteiger charge is -2.35. The monoisotopic (exact) mass is 442 g/mol. The minimum atomic E-state index is -0.871. The smallest absolute Gasteiger partial charge is 0.408 e. The van der Waals surface area contributed by atoms with E-state index in [0.717, 1.165) is 39.1 Å². The summed E-state index contributed by atoms with van der Waals surface area (Å²) in [6.07, 6.45) is 1.42. The Bertz CT molecular complexity index is 942. The van der Waals surface area contributed by atoms with Gasteiger partial charge >= 0.3 is 6.09 Å². The molecule has 138 valence electrons. The van der Waals surface area contributed by atoms with E-state index in [2.05, 4.69) is 28.1 Å². The Kier molecular flexibility index (Phi) is 5.02. The van der Waals surface area contributed by atoms with Crippen LogP contribution in [0.5, 0.6) is 0 Å². The molecule has 0 radical (unpaired) electrons. The average molecular weight is 443 g/mol. The van der Waals surface area contributed by atoms with Gasteiger partial charge in [-0.3, -0.25) is 4.90 Å². The lowest BCUT2D eigenvalue weighted by Crippen LogP contribution is -2.46. The van der Waals surface area contributed by atoms with Crippen LogP contribution in [0.25, 0.3) is 11.3 Å². The van der Waals surface area contributed by atoms with Crippen LogP contribution in [-0.2, 0) is 12.0 Å². The molecule has 27 heavy (non-hydrogen) atoms. The van der Waals surface area contributed by atoms with E-state index in [1.54, 1.807) is 16.2 Å². The van der Waals surface area contributed by atoms with E-state index in [9.17, 15) is 9.90 Å². The second-order valence-corrected chi connectivity index (χ2v) is 8.55. The first-order chi connectivity index (χ1) is 13.1. The van der Waals surface area contributed by atoms with E-state index in [1.165, 1.54) is 0 Å². The molecule has 1 unspecified atom stereocenters. The largest absolute Gasteiger partial charge is 0.465 e. The van der Waals surface area contributed by atoms with Crippen molar-refractivity contribution in [2.45, 2.75) is 24.8 Å². The zero-order valence-electron chi connectivity index (χ0n) is 14.6. The summed E-state index contributed by atoms with van der Waals surface area (Å²) in [4.78, 5) is 18.5. The molecule has 0 spiro atoms. The minimum Gasteiger partial charge on any atom is -0.465 e. The van der Waals surface area contributed by atoms with Gasteiger partial charge in [-0.15, -0.1) is 11.3 Å². The molecule has 2 aromatic carbocycles. The number of hydrogen-bond acceptors (Lipinski definition) is 3. The van der Waals surface area contributed by atoms with Gasteiger partial charge in [0.2, 0.25) is 0 Å². The first-order valence-electron chi connectivity index (χ1n) is 8.85. The van der Waals surface area contributed by atoms with Crippen molar-refractivity contribution >= 4 is 33.4 Å². The lowest BCUT2D eigenvalue weighted by atomic mass is 9.88. The van der Waals surface area contributed by atoms with E-state index >= 15 is 0 Å². The van der Waals surface area contributed by atoms with Gasteiger partial charge in [-0.2, -0.15) is 0 Å². The lowest BCUT2D eigenvalue weighted by molar-refractivity contribution is 0.100. The highest BCUT2D eigenvalue weighted by Crippen LogP contribution is 2.44. The third-order valence-corrected chi connectivity index (χ3v) is 6.67. The summed E-state index contributed by atoms with van der Waals surface area (Å²) in [5, 5.41) is 12.8. The Balaban J connectivity index is 1.75. The van der Waals surface area contributed by atoms with Crippen LogP contribution < -0.4 is 0 Å². The Labute approximate surface area is 170 Å². The summed E-state index contributed by atoms with van der Waals surface area (Å²) >= 11 is 5.01. The molecule has 1 N–H and O–H groups in total. The van der Waals surface area contributed by atoms with Crippen molar-refractivity contribution < 1.29 is 9.90 Å². The van der Waals surface area contributed by atoms with Crippen molar-refractivity contribution in [1.82, 2.24) is 9.88 Å². The number of hydrogen-bond donors (Lipinski definition) is 1. The third-order valence-electron chi connectivity index (χ3n) is 5.10. The highest BCUT2D eigenvalue weighted by Gasteiger charge is 2.47. The number of likely N-dealkylation sites (tertiary alicyclic amines) is 1. The minimum absolute atomic E-state index is 0.551. The molecule has 0 saturated carbocycles. The van der Waals surface area contributed by atoms with Gasteiger partial charge in [0.05, 0.1) is 5.69 Å². The number of thiazole rings is 1. The number of amides is 1. The predicted molar refractivity (Wildman–Crippen MR) is 111 cm³/mol. The summed E-state index contributed by atoms with van der Waals surface area (Å²) in [6, 6.07) is 18.1. The van der Waals surface area contributed by atoms with Crippen LogP contribution in [0.1, 0.15) is 23.4 Å². The number of rotatable bonds is 4. The standard InChI is InChI=1S/C21H19BrN2O2S/c22-17-9-7-16(8-10-17)18-14-27-19(23-18)21(11-4-12-24(21)20(25)26)13-15-5-2-1-3-6-15/h1-3,5-10,14H,4,11-13H2,(H,25,26). The van der Waals surface area contributed by atoms with Gasteiger partial charge < -0.3 is 5.11 Å². The molecule has 0 aliphatic carbocycles. The van der Waals surface area contributed by atoms with Gasteiger partial charge in [-0.25, -0.2) is 9.78 Å². The molecule has 1 amide bonds. The van der Waals surface area contributed by atoms with Crippen LogP contribution in [0.2, 0.25) is 0 Å². The number of carbonyl (C=O) groups is 1. The van der Waals surface area contributed by atoms with Gasteiger partial charge in [0.25, 0.3) is 0 Å². The van der Waals surface area contributed by atoms with Crippen LogP contribution in [0, 0.1) is 0 Å². The van der Waals surface area contributed by atoms with Gasteiger partial charge in [-0.05, 0) is 30.5 Å². The Morgan fingerprint density at radius 1 is 1.19 bits per heavy atom. The zero-order valence-corrected chi connectivity index (χ0v) is 17.0. The van der Waals surface area contributed by atoms with Crippen molar-refractivity contribution in [3.8, 4) is 11.3 Å². The van der Waals surface area contributed by atoms with E-state index in [4.69, 9.17) is 4.98 Å². The van der Waals surface area contributed by atoms with Gasteiger partial charge in [0.1, 0.15) is 10.5 Å². The molecule has 4 rings (SSSR count). The van der Waals surface area contributed by atoms with E-state index in [-0.39, 0.29) is 0 Å². The first kappa shape index (κ1) is 18.2. The van der Waals surface area contributed by atoms with Crippen LogP contribution in [0.3, 0.4) is 0 Å². The van der Waals surface area contributed by atoms with Gasteiger partial charge in [0.15, 0.2) is 0 Å². The summed E-state index contributed by atoms with van der Waals surface area (Å²) in [7, 11) is 0. The van der Waals surface area contributed by atoms with Crippen LogP contribution in [0.15, 0.2) is 64.5 Å². The maximum atomic E-state index is 12.0. The fourth-order valence-corrected chi connectivity index (χ4v) is 5.14. The molecule has 1 aliphatic heterocycles. The van der Waals surface area contributed by atoms with Crippen molar-refractivity contribution in [2.24, 2.45) is 0 Å². The Morgan fingerprint density at radius 2 is 1.93 bits per heavy atom. The van der Waals surface area contributed by atoms with Crippen molar-refractivity contribution in [3.63, 3.8) is 0 Å². The van der Waals surface area contributed by atoms with E-state index in [0.29, 0.717) is 13.0 Å². The van der Waals surface area contributed by atoms with Gasteiger partial charge in [0, 0.05) is 28.4 Å². The molecule has 6 heteroatoms. The molecule has 0 bridgehead atoms. The van der Waals surface area contributed by atoms with Crippen molar-refractivity contribution in [2.75, 3.05) is 6.54 Å². The van der Waals surface area contributed by atoms with Gasteiger partial charge in [-0.1, -0.05) is 58.4 Å². The number of benzene rings is 2. The van der Waals surface area contributed by atoms with E-state index < -0.39 is 11.6 Å². The van der Waals surface area contributed by atoms with Crippen molar-refractivity contribution in [1.29, 1.82) is 0 Å². The van der Waals surface area contributed by atoms with E-state index in [1.807, 2.05) is 47.8 Å². The molecule has 1 fully saturated rings. The fraction of sp³-hybridized carbons (Fsp3) is 0.238. The predicted octanol–water partition coefficient (Wildman–Crippen LogP) is 5.78. The SMILES string of the molecule is O=C(O)N1CCCC1(Cc1ccccc1)c1nc(-c2ccc(Br)cc2)cs1. The molecule has 1 aliphatic rings. The molecule has 1 saturated heterocycles. The second-order valence-electron chi connectivity index (χ2n) is 6.78. The molecule has 1 atom stereocenters. The van der Waals surface area contributed by atoms with Crippen LogP contribution in [-0.4, -0.2) is 27.6 Å². The third kappa shape index (κ3) is 3.51. The highest BCUT2D eigenvalue weighted by atomic mass is 79.9. The quantitative estimate of drug-likeness (QED) is 0.556. The van der Waals surface area contributed by atoms with Crippen LogP contribution in [0.4, 0.5) is 4.79 Å². The highest BCUT2D eigenvalue weighted by molar-refractivity contribution is 9.10. The fourth-order valence-electron chi connectivity index (χ4n) is 3.81. The molecular weight excluding hydrogens is 424 g/mol. The summed E-state index contributed by atoms with van der Waals surface area (Å²) in [6.45, 7) is 0.551. The maximum Gasteiger partial charge on any atom is 0.408 e. The van der Waals surface area contributed by atoms with Crippen molar-refractivity contribution in [3.05, 3.63) is 75.0 Å². The maximum absolute atomic E-state index is 12.0. The number of nitrogens with zero attached hydrogens (tertiary/aromatic N) is 2. The summed E-state index contributed by atoms with van der Waals surface area (Å²) < 4.78 is 1.02. The number of carboxylic acid groups (broad SMARTS) is 1. The molecule has 2 heterocycles. The Morgan fingerprint density at radius 3 is 2.63 bits per heavy atom. The summed E-state index contributed by atoms with van der Waals surface area (Å²) in [5.41, 5.74) is 2.47. The summed E-state index contributed by atoms with van der Waals surface area (Å²) in [5.74, 6) is 0. The second kappa shape index (κ2) is 7.44. The number of aromatic nitrogens is 1.